The van der Waals surface area contributed by atoms with Crippen LogP contribution in [0.3, 0.4) is 0 Å². The van der Waals surface area contributed by atoms with Crippen molar-refractivity contribution in [2.24, 2.45) is 0 Å². The molecule has 1 aromatic heterocycles. The van der Waals surface area contributed by atoms with E-state index in [2.05, 4.69) is 14.9 Å². The molecule has 1 fully saturated rings. The average Bonchev–Trinajstić information content (AvgIpc) is 3.39. The first-order chi connectivity index (χ1) is 13.1. The molecule has 6 nitrogen and oxygen atoms in total. The summed E-state index contributed by atoms with van der Waals surface area (Å²) in [7, 11) is 0. The lowest BCUT2D eigenvalue weighted by Gasteiger charge is -2.35. The molecule has 1 saturated carbocycles. The molecular formula is C20H26N4O2S. The van der Waals surface area contributed by atoms with Gasteiger partial charge in [0.05, 0.1) is 0 Å². The Morgan fingerprint density at radius 2 is 1.96 bits per heavy atom. The van der Waals surface area contributed by atoms with E-state index in [1.165, 1.54) is 0 Å². The predicted molar refractivity (Wildman–Crippen MR) is 105 cm³/mol. The molecule has 0 spiro atoms. The van der Waals surface area contributed by atoms with Crippen molar-refractivity contribution in [1.29, 1.82) is 0 Å². The van der Waals surface area contributed by atoms with Crippen LogP contribution >= 0.6 is 11.5 Å². The summed E-state index contributed by atoms with van der Waals surface area (Å²) in [6, 6.07) is 8.91. The van der Waals surface area contributed by atoms with E-state index < -0.39 is 6.04 Å². The first-order valence-corrected chi connectivity index (χ1v) is 10.4. The SMILES string of the molecule is CC[C@H](C)N(C(=O)c1csnn1)[C@@H](C(=O)NC1CCCC1)c1ccccc1. The number of hydrogen-bond donors (Lipinski definition) is 1. The number of carbonyl (C=O) groups excluding carboxylic acids is 2. The minimum absolute atomic E-state index is 0.112. The number of nitrogens with zero attached hydrogens (tertiary/aromatic N) is 3. The first-order valence-electron chi connectivity index (χ1n) is 9.56. The van der Waals surface area contributed by atoms with E-state index >= 15 is 0 Å². The molecule has 0 radical (unpaired) electrons. The second-order valence-electron chi connectivity index (χ2n) is 7.06. The Kier molecular flexibility index (Phi) is 6.55. The normalized spacial score (nSPS) is 16.7. The summed E-state index contributed by atoms with van der Waals surface area (Å²) >= 11 is 1.14. The highest BCUT2D eigenvalue weighted by molar-refractivity contribution is 7.03. The maximum Gasteiger partial charge on any atom is 0.276 e. The summed E-state index contributed by atoms with van der Waals surface area (Å²) in [5.74, 6) is -0.376. The van der Waals surface area contributed by atoms with Gasteiger partial charge in [0.25, 0.3) is 5.91 Å². The minimum atomic E-state index is -0.684. The van der Waals surface area contributed by atoms with Crippen LogP contribution in [0.1, 0.15) is 68.0 Å². The zero-order valence-electron chi connectivity index (χ0n) is 15.8. The first kappa shape index (κ1) is 19.5. The Morgan fingerprint density at radius 1 is 1.26 bits per heavy atom. The molecule has 2 amide bonds. The third-order valence-electron chi connectivity index (χ3n) is 5.22. The maximum absolute atomic E-state index is 13.3. The van der Waals surface area contributed by atoms with E-state index in [0.717, 1.165) is 49.2 Å². The number of nitrogens with one attached hydrogen (secondary N) is 1. The van der Waals surface area contributed by atoms with E-state index in [-0.39, 0.29) is 29.6 Å². The van der Waals surface area contributed by atoms with Crippen molar-refractivity contribution in [2.75, 3.05) is 0 Å². The van der Waals surface area contributed by atoms with Gasteiger partial charge in [0.15, 0.2) is 5.69 Å². The third kappa shape index (κ3) is 4.53. The summed E-state index contributed by atoms with van der Waals surface area (Å²) in [6.45, 7) is 3.98. The molecule has 2 aromatic rings. The average molecular weight is 387 g/mol. The molecule has 27 heavy (non-hydrogen) atoms. The Labute approximate surface area is 164 Å². The lowest BCUT2D eigenvalue weighted by molar-refractivity contribution is -0.127. The van der Waals surface area contributed by atoms with Crippen LogP contribution in [-0.4, -0.2) is 38.4 Å². The fraction of sp³-hybridized carbons (Fsp3) is 0.500. The van der Waals surface area contributed by atoms with Crippen LogP contribution < -0.4 is 5.32 Å². The molecule has 0 saturated heterocycles. The van der Waals surface area contributed by atoms with Gasteiger partial charge < -0.3 is 10.2 Å². The Bertz CT molecular complexity index is 745. The van der Waals surface area contributed by atoms with Crippen molar-refractivity contribution in [2.45, 2.75) is 64.1 Å². The van der Waals surface area contributed by atoms with Crippen LogP contribution in [0.15, 0.2) is 35.7 Å². The molecule has 1 aromatic carbocycles. The van der Waals surface area contributed by atoms with Crippen LogP contribution in [-0.2, 0) is 4.79 Å². The van der Waals surface area contributed by atoms with E-state index in [0.29, 0.717) is 0 Å². The highest BCUT2D eigenvalue weighted by Gasteiger charge is 2.36. The molecular weight excluding hydrogens is 360 g/mol. The number of amides is 2. The summed E-state index contributed by atoms with van der Waals surface area (Å²) in [5.41, 5.74) is 1.10. The molecule has 0 bridgehead atoms. The summed E-state index contributed by atoms with van der Waals surface area (Å²) in [6.07, 6.45) is 5.02. The molecule has 2 atom stereocenters. The summed E-state index contributed by atoms with van der Waals surface area (Å²) in [4.78, 5) is 28.2. The van der Waals surface area contributed by atoms with Crippen LogP contribution in [0.25, 0.3) is 0 Å². The van der Waals surface area contributed by atoms with Gasteiger partial charge in [-0.3, -0.25) is 9.59 Å². The number of benzene rings is 1. The number of carbonyl (C=O) groups is 2. The second kappa shape index (κ2) is 9.08. The Morgan fingerprint density at radius 3 is 2.56 bits per heavy atom. The topological polar surface area (TPSA) is 75.2 Å². The lowest BCUT2D eigenvalue weighted by atomic mass is 10.0. The Balaban J connectivity index is 1.96. The van der Waals surface area contributed by atoms with Gasteiger partial charge in [-0.05, 0) is 43.3 Å². The van der Waals surface area contributed by atoms with E-state index in [1.54, 1.807) is 10.3 Å². The van der Waals surface area contributed by atoms with Gasteiger partial charge in [0.1, 0.15) is 6.04 Å². The molecule has 0 aliphatic heterocycles. The van der Waals surface area contributed by atoms with E-state index in [9.17, 15) is 9.59 Å². The summed E-state index contributed by atoms with van der Waals surface area (Å²) in [5, 5.41) is 8.74. The van der Waals surface area contributed by atoms with Crippen molar-refractivity contribution in [3.8, 4) is 0 Å². The monoisotopic (exact) mass is 386 g/mol. The molecule has 1 N–H and O–H groups in total. The molecule has 144 valence electrons. The minimum Gasteiger partial charge on any atom is -0.351 e. The van der Waals surface area contributed by atoms with Crippen molar-refractivity contribution < 1.29 is 9.59 Å². The van der Waals surface area contributed by atoms with Gasteiger partial charge in [0.2, 0.25) is 5.91 Å². The van der Waals surface area contributed by atoms with E-state index in [1.807, 2.05) is 44.2 Å². The zero-order chi connectivity index (χ0) is 19.2. The van der Waals surface area contributed by atoms with Crippen LogP contribution in [0.4, 0.5) is 0 Å². The fourth-order valence-corrected chi connectivity index (χ4v) is 4.01. The number of hydrogen-bond acceptors (Lipinski definition) is 5. The molecule has 1 aliphatic carbocycles. The van der Waals surface area contributed by atoms with Crippen molar-refractivity contribution in [3.63, 3.8) is 0 Å². The van der Waals surface area contributed by atoms with Gasteiger partial charge >= 0.3 is 0 Å². The molecule has 1 heterocycles. The maximum atomic E-state index is 13.3. The molecule has 7 heteroatoms. The highest BCUT2D eigenvalue weighted by Crippen LogP contribution is 2.28. The van der Waals surface area contributed by atoms with Crippen LogP contribution in [0, 0.1) is 0 Å². The lowest BCUT2D eigenvalue weighted by Crippen LogP contribution is -2.49. The molecule has 0 unspecified atom stereocenters. The van der Waals surface area contributed by atoms with Crippen molar-refractivity contribution in [1.82, 2.24) is 19.8 Å². The van der Waals surface area contributed by atoms with Crippen molar-refractivity contribution in [3.05, 3.63) is 47.0 Å². The van der Waals surface area contributed by atoms with Gasteiger partial charge in [-0.2, -0.15) is 0 Å². The Hall–Kier alpha value is -2.28. The standard InChI is InChI=1S/C20H26N4O2S/c1-3-14(2)24(20(26)17-13-27-23-22-17)18(15-9-5-4-6-10-15)19(25)21-16-11-7-8-12-16/h4-6,9-10,13-14,16,18H,3,7-8,11-12H2,1-2H3,(H,21,25)/t14-,18+/m0/s1. The van der Waals surface area contributed by atoms with Crippen molar-refractivity contribution >= 4 is 23.3 Å². The van der Waals surface area contributed by atoms with E-state index in [4.69, 9.17) is 0 Å². The number of aromatic nitrogens is 2. The van der Waals surface area contributed by atoms with Gasteiger partial charge in [-0.1, -0.05) is 54.6 Å². The summed E-state index contributed by atoms with van der Waals surface area (Å²) < 4.78 is 3.81. The van der Waals surface area contributed by atoms with Crippen LogP contribution in [0.2, 0.25) is 0 Å². The smallest absolute Gasteiger partial charge is 0.276 e. The largest absolute Gasteiger partial charge is 0.351 e. The van der Waals surface area contributed by atoms with Gasteiger partial charge in [-0.25, -0.2) is 0 Å². The second-order valence-corrected chi connectivity index (χ2v) is 7.67. The van der Waals surface area contributed by atoms with Gasteiger partial charge in [-0.15, -0.1) is 5.10 Å². The zero-order valence-corrected chi connectivity index (χ0v) is 16.6. The van der Waals surface area contributed by atoms with Gasteiger partial charge in [0, 0.05) is 17.5 Å². The third-order valence-corrected chi connectivity index (χ3v) is 5.73. The molecule has 3 rings (SSSR count). The molecule has 1 aliphatic rings. The quantitative estimate of drug-likeness (QED) is 0.789. The predicted octanol–water partition coefficient (Wildman–Crippen LogP) is 3.58. The highest BCUT2D eigenvalue weighted by atomic mass is 32.1. The fourth-order valence-electron chi connectivity index (χ4n) is 3.58. The number of rotatable bonds is 7. The van der Waals surface area contributed by atoms with Crippen LogP contribution in [0.5, 0.6) is 0 Å².